The Hall–Kier alpha value is -1.37. The monoisotopic (exact) mass is 278 g/mol. The normalized spacial score (nSPS) is 18.4. The van der Waals surface area contributed by atoms with Crippen LogP contribution in [-0.2, 0) is 0 Å². The molecule has 2 rings (SSSR count). The maximum atomic E-state index is 13.3. The van der Waals surface area contributed by atoms with Crippen molar-refractivity contribution in [2.45, 2.75) is 37.7 Å². The van der Waals surface area contributed by atoms with Gasteiger partial charge in [0.25, 0.3) is 11.9 Å². The van der Waals surface area contributed by atoms with Crippen LogP contribution in [0.5, 0.6) is 0 Å². The Bertz CT molecular complexity index is 449. The van der Waals surface area contributed by atoms with Gasteiger partial charge in [-0.2, -0.15) is 22.5 Å². The van der Waals surface area contributed by atoms with Crippen LogP contribution in [0.1, 0.15) is 32.1 Å². The minimum Gasteiger partial charge on any atom is -0.388 e. The molecule has 1 aliphatic carbocycles. The molecular formula is C12H14F4N2O. The van der Waals surface area contributed by atoms with E-state index in [-0.39, 0.29) is 6.54 Å². The van der Waals surface area contributed by atoms with E-state index in [4.69, 9.17) is 0 Å². The van der Waals surface area contributed by atoms with Gasteiger partial charge < -0.3 is 10.4 Å². The van der Waals surface area contributed by atoms with Crippen LogP contribution in [0.3, 0.4) is 0 Å². The summed E-state index contributed by atoms with van der Waals surface area (Å²) in [4.78, 5) is 2.46. The van der Waals surface area contributed by atoms with E-state index < -0.39 is 34.8 Å². The molecule has 2 N–H and O–H groups in total. The van der Waals surface area contributed by atoms with Gasteiger partial charge in [0.05, 0.1) is 5.60 Å². The number of nitrogens with zero attached hydrogens (tertiary/aromatic N) is 1. The summed E-state index contributed by atoms with van der Waals surface area (Å²) in [5, 5.41) is 12.4. The molecule has 0 saturated heterocycles. The van der Waals surface area contributed by atoms with Gasteiger partial charge in [-0.15, -0.1) is 0 Å². The Morgan fingerprint density at radius 3 is 2.05 bits per heavy atom. The van der Waals surface area contributed by atoms with Crippen molar-refractivity contribution < 1.29 is 22.7 Å². The number of aromatic nitrogens is 1. The maximum absolute atomic E-state index is 13.3. The Balaban J connectivity index is 2.15. The molecule has 0 aromatic carbocycles. The fraction of sp³-hybridized carbons (Fsp3) is 0.583. The lowest BCUT2D eigenvalue weighted by atomic mass is 9.85. The van der Waals surface area contributed by atoms with E-state index in [1.165, 1.54) is 0 Å². The summed E-state index contributed by atoms with van der Waals surface area (Å²) in [7, 11) is 0. The molecule has 1 aromatic heterocycles. The third kappa shape index (κ3) is 2.97. The van der Waals surface area contributed by atoms with Gasteiger partial charge in [-0.3, -0.25) is 0 Å². The number of hydrogen-bond donors (Lipinski definition) is 2. The highest BCUT2D eigenvalue weighted by molar-refractivity contribution is 5.45. The molecule has 1 saturated carbocycles. The van der Waals surface area contributed by atoms with Gasteiger partial charge in [0, 0.05) is 6.54 Å². The van der Waals surface area contributed by atoms with Gasteiger partial charge >= 0.3 is 0 Å². The molecule has 106 valence electrons. The van der Waals surface area contributed by atoms with Gasteiger partial charge in [0.1, 0.15) is 5.69 Å². The van der Waals surface area contributed by atoms with Crippen molar-refractivity contribution in [1.82, 2.24) is 4.98 Å². The third-order valence-corrected chi connectivity index (χ3v) is 3.38. The van der Waals surface area contributed by atoms with Crippen LogP contribution < -0.4 is 5.32 Å². The second-order valence-electron chi connectivity index (χ2n) is 4.83. The van der Waals surface area contributed by atoms with E-state index in [2.05, 4.69) is 10.3 Å². The van der Waals surface area contributed by atoms with Crippen molar-refractivity contribution in [2.75, 3.05) is 11.9 Å². The van der Waals surface area contributed by atoms with E-state index in [1.807, 2.05) is 0 Å². The average Bonchev–Trinajstić information content (AvgIpc) is 2.37. The van der Waals surface area contributed by atoms with Crippen molar-refractivity contribution in [1.29, 1.82) is 0 Å². The quantitative estimate of drug-likeness (QED) is 0.660. The number of nitrogens with one attached hydrogen (secondary N) is 1. The lowest BCUT2D eigenvalue weighted by molar-refractivity contribution is 0.0166. The molecule has 0 unspecified atom stereocenters. The summed E-state index contributed by atoms with van der Waals surface area (Å²) < 4.78 is 52.4. The molecule has 0 atom stereocenters. The zero-order valence-corrected chi connectivity index (χ0v) is 10.1. The first-order valence-corrected chi connectivity index (χ1v) is 6.09. The van der Waals surface area contributed by atoms with Crippen molar-refractivity contribution >= 4 is 5.69 Å². The zero-order valence-electron chi connectivity index (χ0n) is 10.1. The number of pyridine rings is 1. The Morgan fingerprint density at radius 1 is 1.00 bits per heavy atom. The first-order chi connectivity index (χ1) is 8.93. The van der Waals surface area contributed by atoms with Crippen LogP contribution in [-0.4, -0.2) is 22.2 Å². The highest BCUT2D eigenvalue weighted by Gasteiger charge is 2.30. The molecule has 0 radical (unpaired) electrons. The summed E-state index contributed by atoms with van der Waals surface area (Å²) in [6.45, 7) is -0.163. The van der Waals surface area contributed by atoms with Crippen molar-refractivity contribution in [2.24, 2.45) is 0 Å². The highest BCUT2D eigenvalue weighted by atomic mass is 19.2. The third-order valence-electron chi connectivity index (χ3n) is 3.38. The molecule has 3 nitrogen and oxygen atoms in total. The van der Waals surface area contributed by atoms with E-state index in [1.54, 1.807) is 0 Å². The molecule has 0 bridgehead atoms. The van der Waals surface area contributed by atoms with Crippen LogP contribution >= 0.6 is 0 Å². The molecule has 0 aliphatic heterocycles. The summed E-state index contributed by atoms with van der Waals surface area (Å²) in [5.74, 6) is -6.59. The van der Waals surface area contributed by atoms with Crippen LogP contribution in [0, 0.1) is 23.5 Å². The molecule has 0 amide bonds. The second kappa shape index (κ2) is 5.32. The SMILES string of the molecule is OC1(CNc2c(F)c(F)nc(F)c2F)CCCCC1. The summed E-state index contributed by atoms with van der Waals surface area (Å²) >= 11 is 0. The number of rotatable bonds is 3. The average molecular weight is 278 g/mol. The first-order valence-electron chi connectivity index (χ1n) is 6.09. The minimum atomic E-state index is -1.71. The van der Waals surface area contributed by atoms with Crippen molar-refractivity contribution in [3.8, 4) is 0 Å². The van der Waals surface area contributed by atoms with Gasteiger partial charge in [0.2, 0.25) is 11.6 Å². The van der Waals surface area contributed by atoms with E-state index in [0.29, 0.717) is 12.8 Å². The predicted octanol–water partition coefficient (Wildman–Crippen LogP) is 2.75. The highest BCUT2D eigenvalue weighted by Crippen LogP contribution is 2.29. The van der Waals surface area contributed by atoms with Crippen LogP contribution in [0.15, 0.2) is 0 Å². The van der Waals surface area contributed by atoms with Crippen LogP contribution in [0.2, 0.25) is 0 Å². The smallest absolute Gasteiger partial charge is 0.253 e. The fourth-order valence-corrected chi connectivity index (χ4v) is 2.28. The largest absolute Gasteiger partial charge is 0.388 e. The Kier molecular flexibility index (Phi) is 3.93. The Labute approximate surface area is 107 Å². The number of anilines is 1. The van der Waals surface area contributed by atoms with Crippen molar-refractivity contribution in [3.05, 3.63) is 23.5 Å². The summed E-state index contributed by atoms with van der Waals surface area (Å²) in [5.41, 5.74) is -2.03. The number of hydrogen-bond acceptors (Lipinski definition) is 3. The maximum Gasteiger partial charge on any atom is 0.253 e. The van der Waals surface area contributed by atoms with E-state index in [9.17, 15) is 22.7 Å². The molecule has 1 heterocycles. The van der Waals surface area contributed by atoms with Gasteiger partial charge in [0.15, 0.2) is 0 Å². The number of halogens is 4. The van der Waals surface area contributed by atoms with Gasteiger partial charge in [-0.1, -0.05) is 19.3 Å². The molecule has 1 aliphatic rings. The number of aliphatic hydroxyl groups is 1. The van der Waals surface area contributed by atoms with E-state index >= 15 is 0 Å². The molecule has 1 fully saturated rings. The first kappa shape index (κ1) is 14.0. The molecule has 0 spiro atoms. The fourth-order valence-electron chi connectivity index (χ4n) is 2.28. The topological polar surface area (TPSA) is 45.1 Å². The lowest BCUT2D eigenvalue weighted by Gasteiger charge is -2.32. The molecule has 7 heteroatoms. The molecule has 19 heavy (non-hydrogen) atoms. The summed E-state index contributed by atoms with van der Waals surface area (Å²) in [6, 6.07) is 0. The van der Waals surface area contributed by atoms with Crippen LogP contribution in [0.4, 0.5) is 23.2 Å². The lowest BCUT2D eigenvalue weighted by Crippen LogP contribution is -2.39. The predicted molar refractivity (Wildman–Crippen MR) is 60.6 cm³/mol. The zero-order chi connectivity index (χ0) is 14.0. The van der Waals surface area contributed by atoms with Gasteiger partial charge in [-0.05, 0) is 12.8 Å². The Morgan fingerprint density at radius 2 is 1.53 bits per heavy atom. The molecular weight excluding hydrogens is 264 g/mol. The minimum absolute atomic E-state index is 0.163. The van der Waals surface area contributed by atoms with E-state index in [0.717, 1.165) is 19.3 Å². The van der Waals surface area contributed by atoms with Gasteiger partial charge in [-0.25, -0.2) is 0 Å². The second-order valence-corrected chi connectivity index (χ2v) is 4.83. The molecule has 1 aromatic rings. The van der Waals surface area contributed by atoms with Crippen molar-refractivity contribution in [3.63, 3.8) is 0 Å². The summed E-state index contributed by atoms with van der Waals surface area (Å²) in [6.07, 6.45) is 3.58. The van der Waals surface area contributed by atoms with Crippen LogP contribution in [0.25, 0.3) is 0 Å². The standard InChI is InChI=1S/C12H14F4N2O/c13-7-9(8(14)11(16)18-10(7)15)17-6-12(19)4-2-1-3-5-12/h19H,1-6H2,(H,17,18).